The molecule has 0 radical (unpaired) electrons. The number of thiophene rings is 1. The van der Waals surface area contributed by atoms with E-state index in [9.17, 15) is 19.7 Å². The molecule has 7 nitrogen and oxygen atoms in total. The highest BCUT2D eigenvalue weighted by Crippen LogP contribution is 2.24. The fourth-order valence-electron chi connectivity index (χ4n) is 1.60. The Morgan fingerprint density at radius 3 is 2.41 bits per heavy atom. The largest absolute Gasteiger partial charge is 0.497 e. The summed E-state index contributed by atoms with van der Waals surface area (Å²) < 4.78 is 9.84. The SMILES string of the molecule is COc1ccc(C(=O)COC(=O)c2ccc([N+](=O)[O-])s2)cc1. The molecule has 8 heteroatoms. The van der Waals surface area contributed by atoms with Crippen molar-refractivity contribution in [3.63, 3.8) is 0 Å². The molecule has 0 amide bonds. The van der Waals surface area contributed by atoms with Gasteiger partial charge in [-0.1, -0.05) is 11.3 Å². The smallest absolute Gasteiger partial charge is 0.349 e. The summed E-state index contributed by atoms with van der Waals surface area (Å²) in [5.41, 5.74) is 0.380. The molecule has 1 aromatic carbocycles. The molecule has 1 heterocycles. The van der Waals surface area contributed by atoms with E-state index in [0.29, 0.717) is 22.6 Å². The van der Waals surface area contributed by atoms with E-state index in [1.807, 2.05) is 0 Å². The lowest BCUT2D eigenvalue weighted by Gasteiger charge is -2.04. The van der Waals surface area contributed by atoms with Crippen LogP contribution in [-0.2, 0) is 4.74 Å². The van der Waals surface area contributed by atoms with Crippen LogP contribution in [0.4, 0.5) is 5.00 Å². The number of methoxy groups -OCH3 is 1. The van der Waals surface area contributed by atoms with Crippen LogP contribution in [0.5, 0.6) is 5.75 Å². The maximum atomic E-state index is 11.9. The van der Waals surface area contributed by atoms with Crippen LogP contribution >= 0.6 is 11.3 Å². The standard InChI is InChI=1S/C14H11NO6S/c1-20-10-4-2-9(3-5-10)11(16)8-21-14(17)12-6-7-13(22-12)15(18)19/h2-7H,8H2,1H3. The van der Waals surface area contributed by atoms with Crippen LogP contribution in [0, 0.1) is 10.1 Å². The quantitative estimate of drug-likeness (QED) is 0.351. The van der Waals surface area contributed by atoms with Gasteiger partial charge in [-0.15, -0.1) is 0 Å². The Balaban J connectivity index is 1.94. The minimum absolute atomic E-state index is 0.0780. The second kappa shape index (κ2) is 6.81. The highest BCUT2D eigenvalue weighted by Gasteiger charge is 2.17. The van der Waals surface area contributed by atoms with Gasteiger partial charge in [0.1, 0.15) is 10.6 Å². The maximum Gasteiger partial charge on any atom is 0.349 e. The molecule has 0 unspecified atom stereocenters. The van der Waals surface area contributed by atoms with Gasteiger partial charge in [0.25, 0.3) is 0 Å². The minimum atomic E-state index is -0.764. The molecule has 0 aliphatic carbocycles. The summed E-state index contributed by atoms with van der Waals surface area (Å²) in [4.78, 5) is 33.6. The molecule has 0 aliphatic heterocycles. The zero-order chi connectivity index (χ0) is 16.1. The molecule has 0 saturated carbocycles. The van der Waals surface area contributed by atoms with E-state index in [-0.39, 0.29) is 15.7 Å². The normalized spacial score (nSPS) is 10.0. The number of rotatable bonds is 6. The van der Waals surface area contributed by atoms with E-state index < -0.39 is 17.5 Å². The third-order valence-corrected chi connectivity index (χ3v) is 3.74. The first-order valence-corrected chi connectivity index (χ1v) is 6.91. The number of ether oxygens (including phenoxy) is 2. The molecular formula is C14H11NO6S. The van der Waals surface area contributed by atoms with E-state index in [4.69, 9.17) is 9.47 Å². The Morgan fingerprint density at radius 1 is 1.18 bits per heavy atom. The summed E-state index contributed by atoms with van der Waals surface area (Å²) in [5.74, 6) is -0.526. The molecular weight excluding hydrogens is 310 g/mol. The van der Waals surface area contributed by atoms with Crippen molar-refractivity contribution in [2.45, 2.75) is 0 Å². The predicted octanol–water partition coefficient (Wildman–Crippen LogP) is 2.70. The van der Waals surface area contributed by atoms with Crippen LogP contribution in [0.15, 0.2) is 36.4 Å². The molecule has 22 heavy (non-hydrogen) atoms. The highest BCUT2D eigenvalue weighted by molar-refractivity contribution is 7.17. The van der Waals surface area contributed by atoms with E-state index in [1.165, 1.54) is 19.2 Å². The van der Waals surface area contributed by atoms with E-state index in [1.54, 1.807) is 24.3 Å². The van der Waals surface area contributed by atoms with Crippen molar-refractivity contribution in [3.8, 4) is 5.75 Å². The fourth-order valence-corrected chi connectivity index (χ4v) is 2.31. The lowest BCUT2D eigenvalue weighted by Crippen LogP contribution is -2.13. The van der Waals surface area contributed by atoms with Gasteiger partial charge >= 0.3 is 11.0 Å². The van der Waals surface area contributed by atoms with Crippen molar-refractivity contribution in [2.75, 3.05) is 13.7 Å². The monoisotopic (exact) mass is 321 g/mol. The average molecular weight is 321 g/mol. The molecule has 2 rings (SSSR count). The molecule has 1 aromatic heterocycles. The van der Waals surface area contributed by atoms with Gasteiger partial charge in [0.15, 0.2) is 12.4 Å². The van der Waals surface area contributed by atoms with Crippen LogP contribution in [0.25, 0.3) is 0 Å². The van der Waals surface area contributed by atoms with Crippen molar-refractivity contribution < 1.29 is 24.0 Å². The van der Waals surface area contributed by atoms with Crippen molar-refractivity contribution in [2.24, 2.45) is 0 Å². The Morgan fingerprint density at radius 2 is 1.86 bits per heavy atom. The van der Waals surface area contributed by atoms with Crippen LogP contribution < -0.4 is 4.74 Å². The topological polar surface area (TPSA) is 95.7 Å². The zero-order valence-corrected chi connectivity index (χ0v) is 12.3. The number of benzene rings is 1. The van der Waals surface area contributed by atoms with Crippen LogP contribution in [0.3, 0.4) is 0 Å². The molecule has 0 atom stereocenters. The van der Waals surface area contributed by atoms with Gasteiger partial charge in [0.2, 0.25) is 0 Å². The van der Waals surface area contributed by atoms with Crippen molar-refractivity contribution in [3.05, 3.63) is 57.0 Å². The van der Waals surface area contributed by atoms with E-state index >= 15 is 0 Å². The molecule has 0 bridgehead atoms. The number of hydrogen-bond acceptors (Lipinski definition) is 7. The molecule has 2 aromatic rings. The summed E-state index contributed by atoms with van der Waals surface area (Å²) in [5, 5.41) is 10.4. The van der Waals surface area contributed by atoms with Gasteiger partial charge in [-0.3, -0.25) is 14.9 Å². The lowest BCUT2D eigenvalue weighted by molar-refractivity contribution is -0.380. The molecule has 0 saturated heterocycles. The minimum Gasteiger partial charge on any atom is -0.497 e. The fraction of sp³-hybridized carbons (Fsp3) is 0.143. The van der Waals surface area contributed by atoms with Crippen LogP contribution in [0.1, 0.15) is 20.0 Å². The average Bonchev–Trinajstić information content (AvgIpc) is 3.02. The van der Waals surface area contributed by atoms with Gasteiger partial charge in [-0.2, -0.15) is 0 Å². The summed E-state index contributed by atoms with van der Waals surface area (Å²) in [6, 6.07) is 8.88. The van der Waals surface area contributed by atoms with E-state index in [2.05, 4.69) is 0 Å². The van der Waals surface area contributed by atoms with Crippen molar-refractivity contribution in [1.82, 2.24) is 0 Å². The number of nitrogens with zero attached hydrogens (tertiary/aromatic N) is 1. The van der Waals surface area contributed by atoms with Crippen molar-refractivity contribution in [1.29, 1.82) is 0 Å². The summed E-state index contributed by atoms with van der Waals surface area (Å²) in [7, 11) is 1.51. The first kappa shape index (κ1) is 15.6. The molecule has 0 aliphatic rings. The number of carbonyl (C=O) groups excluding carboxylic acids is 2. The second-order valence-electron chi connectivity index (χ2n) is 4.12. The third kappa shape index (κ3) is 3.67. The number of nitro groups is 1. The zero-order valence-electron chi connectivity index (χ0n) is 11.5. The van der Waals surface area contributed by atoms with Gasteiger partial charge in [-0.25, -0.2) is 4.79 Å². The van der Waals surface area contributed by atoms with Gasteiger partial charge in [0, 0.05) is 11.6 Å². The Kier molecular flexibility index (Phi) is 4.84. The summed E-state index contributed by atoms with van der Waals surface area (Å²) in [6.45, 7) is -0.434. The third-order valence-electron chi connectivity index (χ3n) is 2.72. The first-order chi connectivity index (χ1) is 10.5. The molecule has 0 N–H and O–H groups in total. The Hall–Kier alpha value is -2.74. The Bertz CT molecular complexity index is 706. The Labute approximate surface area is 129 Å². The highest BCUT2D eigenvalue weighted by atomic mass is 32.1. The van der Waals surface area contributed by atoms with Crippen LogP contribution in [-0.4, -0.2) is 30.4 Å². The summed E-state index contributed by atoms with van der Waals surface area (Å²) in [6.07, 6.45) is 0. The number of carbonyl (C=O) groups is 2. The number of Topliss-reactive ketones (excluding diaryl/α,β-unsaturated/α-hetero) is 1. The molecule has 0 fully saturated rings. The van der Waals surface area contributed by atoms with E-state index in [0.717, 1.165) is 0 Å². The first-order valence-electron chi connectivity index (χ1n) is 6.10. The lowest BCUT2D eigenvalue weighted by atomic mass is 10.1. The molecule has 0 spiro atoms. The number of hydrogen-bond donors (Lipinski definition) is 0. The number of esters is 1. The van der Waals surface area contributed by atoms with Crippen LogP contribution in [0.2, 0.25) is 0 Å². The molecule has 114 valence electrons. The van der Waals surface area contributed by atoms with Crippen molar-refractivity contribution >= 4 is 28.1 Å². The van der Waals surface area contributed by atoms with Gasteiger partial charge in [-0.05, 0) is 30.3 Å². The number of ketones is 1. The second-order valence-corrected chi connectivity index (χ2v) is 5.19. The van der Waals surface area contributed by atoms with Gasteiger partial charge in [0.05, 0.1) is 12.0 Å². The van der Waals surface area contributed by atoms with Gasteiger partial charge < -0.3 is 9.47 Å². The maximum absolute atomic E-state index is 11.9. The summed E-state index contributed by atoms with van der Waals surface area (Å²) >= 11 is 0.700. The predicted molar refractivity (Wildman–Crippen MR) is 78.6 cm³/mol.